The van der Waals surface area contributed by atoms with Gasteiger partial charge in [-0.25, -0.2) is 19.2 Å². The molecule has 0 aliphatic carbocycles. The van der Waals surface area contributed by atoms with Gasteiger partial charge in [0.2, 0.25) is 0 Å². The fourth-order valence-corrected chi connectivity index (χ4v) is 4.41. The average Bonchev–Trinajstić information content (AvgIpc) is 3.07. The molecular formula is C37H42O9. The molecule has 0 saturated heterocycles. The highest BCUT2D eigenvalue weighted by Crippen LogP contribution is 2.24. The number of unbranched alkanes of at least 4 members (excludes halogenated alkanes) is 6. The number of benzene rings is 3. The first-order chi connectivity index (χ1) is 22.3. The van der Waals surface area contributed by atoms with E-state index in [9.17, 15) is 19.2 Å². The van der Waals surface area contributed by atoms with Crippen LogP contribution in [-0.4, -0.2) is 49.8 Å². The molecule has 0 heterocycles. The van der Waals surface area contributed by atoms with Gasteiger partial charge in [0.05, 0.1) is 30.9 Å². The van der Waals surface area contributed by atoms with Crippen molar-refractivity contribution in [3.8, 4) is 22.6 Å². The second-order valence-corrected chi connectivity index (χ2v) is 10.5. The highest BCUT2D eigenvalue weighted by Gasteiger charge is 2.20. The highest BCUT2D eigenvalue weighted by atomic mass is 16.6. The lowest BCUT2D eigenvalue weighted by atomic mass is 10.0. The molecule has 9 nitrogen and oxygen atoms in total. The van der Waals surface area contributed by atoms with Gasteiger partial charge >= 0.3 is 23.9 Å². The van der Waals surface area contributed by atoms with Crippen molar-refractivity contribution in [3.05, 3.63) is 96.6 Å². The van der Waals surface area contributed by atoms with Crippen LogP contribution in [0.4, 0.5) is 0 Å². The van der Waals surface area contributed by atoms with E-state index in [2.05, 4.69) is 6.58 Å². The molecule has 0 fully saturated rings. The van der Waals surface area contributed by atoms with E-state index >= 15 is 0 Å². The van der Waals surface area contributed by atoms with Crippen molar-refractivity contribution in [1.82, 2.24) is 0 Å². The highest BCUT2D eigenvalue weighted by molar-refractivity contribution is 5.92. The molecule has 0 unspecified atom stereocenters. The van der Waals surface area contributed by atoms with Crippen LogP contribution in [0, 0.1) is 0 Å². The lowest BCUT2D eigenvalue weighted by Crippen LogP contribution is -2.26. The number of hydrogen-bond donors (Lipinski definition) is 0. The summed E-state index contributed by atoms with van der Waals surface area (Å²) in [7, 11) is 0. The van der Waals surface area contributed by atoms with Crippen LogP contribution in [-0.2, 0) is 23.8 Å². The average molecular weight is 631 g/mol. The van der Waals surface area contributed by atoms with Gasteiger partial charge in [0.25, 0.3) is 0 Å². The Morgan fingerprint density at radius 3 is 1.74 bits per heavy atom. The third-order valence-electron chi connectivity index (χ3n) is 6.98. The second kappa shape index (κ2) is 19.5. The van der Waals surface area contributed by atoms with Crippen molar-refractivity contribution in [2.24, 2.45) is 0 Å². The zero-order valence-electron chi connectivity index (χ0n) is 26.5. The van der Waals surface area contributed by atoms with Gasteiger partial charge in [-0.1, -0.05) is 62.9 Å². The van der Waals surface area contributed by atoms with Crippen LogP contribution in [0.2, 0.25) is 0 Å². The van der Waals surface area contributed by atoms with E-state index in [1.54, 1.807) is 67.6 Å². The van der Waals surface area contributed by atoms with Gasteiger partial charge in [-0.3, -0.25) is 0 Å². The smallest absolute Gasteiger partial charge is 0.347 e. The third-order valence-corrected chi connectivity index (χ3v) is 6.98. The molecule has 0 bridgehead atoms. The van der Waals surface area contributed by atoms with Crippen LogP contribution in [0.5, 0.6) is 11.5 Å². The summed E-state index contributed by atoms with van der Waals surface area (Å²) in [5.74, 6) is -0.953. The largest absolute Gasteiger partial charge is 0.494 e. The standard InChI is InChI=1S/C37H42O9/c1-4-34(38)44-26-12-10-8-6-7-9-11-25-43-32-21-19-31(20-22-32)37(41)46-33-23-17-29(18-24-33)28-13-15-30(16-14-28)36(40)45-27(3)35(39)42-5-2/h4,13-24,27H,1,5-12,25-26H2,2-3H3/t27-/m1/s1. The van der Waals surface area contributed by atoms with Gasteiger partial charge in [0, 0.05) is 6.08 Å². The fraction of sp³-hybridized carbons (Fsp3) is 0.351. The Hall–Kier alpha value is -4.92. The second-order valence-electron chi connectivity index (χ2n) is 10.5. The third kappa shape index (κ3) is 12.2. The Bertz CT molecular complexity index is 1410. The Morgan fingerprint density at radius 1 is 0.652 bits per heavy atom. The van der Waals surface area contributed by atoms with E-state index < -0.39 is 24.0 Å². The summed E-state index contributed by atoms with van der Waals surface area (Å²) < 4.78 is 26.3. The summed E-state index contributed by atoms with van der Waals surface area (Å²) in [5, 5.41) is 0. The predicted molar refractivity (Wildman–Crippen MR) is 174 cm³/mol. The van der Waals surface area contributed by atoms with Gasteiger partial charge in [0.15, 0.2) is 6.10 Å². The van der Waals surface area contributed by atoms with Crippen LogP contribution in [0.25, 0.3) is 11.1 Å². The summed E-state index contributed by atoms with van der Waals surface area (Å²) in [6.45, 7) is 7.79. The minimum atomic E-state index is -0.994. The first-order valence-corrected chi connectivity index (χ1v) is 15.6. The molecule has 9 heteroatoms. The van der Waals surface area contributed by atoms with E-state index in [4.69, 9.17) is 23.7 Å². The first kappa shape index (κ1) is 35.6. The molecule has 0 spiro atoms. The molecule has 3 aromatic rings. The Morgan fingerprint density at radius 2 is 1.15 bits per heavy atom. The molecule has 244 valence electrons. The lowest BCUT2D eigenvalue weighted by molar-refractivity contribution is -0.152. The number of carbonyl (C=O) groups excluding carboxylic acids is 4. The van der Waals surface area contributed by atoms with Crippen LogP contribution in [0.3, 0.4) is 0 Å². The van der Waals surface area contributed by atoms with Crippen LogP contribution < -0.4 is 9.47 Å². The summed E-state index contributed by atoms with van der Waals surface area (Å²) in [4.78, 5) is 47.7. The van der Waals surface area contributed by atoms with Crippen LogP contribution >= 0.6 is 0 Å². The van der Waals surface area contributed by atoms with Gasteiger partial charge in [-0.2, -0.15) is 0 Å². The van der Waals surface area contributed by atoms with Crippen molar-refractivity contribution >= 4 is 23.9 Å². The van der Waals surface area contributed by atoms with E-state index in [-0.39, 0.29) is 12.6 Å². The van der Waals surface area contributed by atoms with Crippen molar-refractivity contribution in [2.75, 3.05) is 19.8 Å². The van der Waals surface area contributed by atoms with Gasteiger partial charge in [-0.05, 0) is 86.3 Å². The van der Waals surface area contributed by atoms with E-state index in [0.717, 1.165) is 56.1 Å². The molecule has 0 amide bonds. The molecule has 0 aliphatic heterocycles. The molecule has 0 aliphatic rings. The molecule has 1 atom stereocenters. The van der Waals surface area contributed by atoms with Gasteiger partial charge in [0.1, 0.15) is 11.5 Å². The van der Waals surface area contributed by atoms with Gasteiger partial charge in [-0.15, -0.1) is 0 Å². The maximum absolute atomic E-state index is 12.7. The van der Waals surface area contributed by atoms with Crippen molar-refractivity contribution in [3.63, 3.8) is 0 Å². The van der Waals surface area contributed by atoms with Crippen molar-refractivity contribution < 1.29 is 42.9 Å². The maximum Gasteiger partial charge on any atom is 0.347 e. The summed E-state index contributed by atoms with van der Waals surface area (Å²) in [6, 6.07) is 20.7. The SMILES string of the molecule is C=CC(=O)OCCCCCCCCCOc1ccc(C(=O)Oc2ccc(-c3ccc(C(=O)O[C@H](C)C(=O)OCC)cc3)cc2)cc1. The Kier molecular flexibility index (Phi) is 15.0. The first-order valence-electron chi connectivity index (χ1n) is 15.6. The molecule has 0 N–H and O–H groups in total. The molecule has 3 rings (SSSR count). The van der Waals surface area contributed by atoms with Crippen molar-refractivity contribution in [2.45, 2.75) is 64.9 Å². The predicted octanol–water partition coefficient (Wildman–Crippen LogP) is 7.52. The van der Waals surface area contributed by atoms with E-state index in [1.807, 2.05) is 12.1 Å². The molecule has 0 aromatic heterocycles. The summed E-state index contributed by atoms with van der Waals surface area (Å²) >= 11 is 0. The zero-order chi connectivity index (χ0) is 33.1. The zero-order valence-corrected chi connectivity index (χ0v) is 26.5. The monoisotopic (exact) mass is 630 g/mol. The van der Waals surface area contributed by atoms with Crippen LogP contribution in [0.1, 0.15) is 79.5 Å². The topological polar surface area (TPSA) is 114 Å². The molecule has 0 saturated carbocycles. The number of ether oxygens (including phenoxy) is 5. The maximum atomic E-state index is 12.7. The normalized spacial score (nSPS) is 11.2. The Balaban J connectivity index is 1.36. The number of rotatable bonds is 19. The number of carbonyl (C=O) groups is 4. The molecule has 0 radical (unpaired) electrons. The minimum Gasteiger partial charge on any atom is -0.494 e. The minimum absolute atomic E-state index is 0.209. The quantitative estimate of drug-likeness (QED) is 0.0436. The van der Waals surface area contributed by atoms with E-state index in [0.29, 0.717) is 35.8 Å². The van der Waals surface area contributed by atoms with E-state index in [1.165, 1.54) is 13.0 Å². The van der Waals surface area contributed by atoms with Crippen LogP contribution in [0.15, 0.2) is 85.5 Å². The lowest BCUT2D eigenvalue weighted by Gasteiger charge is -2.12. The number of esters is 4. The summed E-state index contributed by atoms with van der Waals surface area (Å²) in [5.41, 5.74) is 2.44. The summed E-state index contributed by atoms with van der Waals surface area (Å²) in [6.07, 6.45) is 7.50. The van der Waals surface area contributed by atoms with Crippen molar-refractivity contribution in [1.29, 1.82) is 0 Å². The number of hydrogen-bond acceptors (Lipinski definition) is 9. The molecule has 46 heavy (non-hydrogen) atoms. The Labute approximate surface area is 270 Å². The fourth-order valence-electron chi connectivity index (χ4n) is 4.41. The van der Waals surface area contributed by atoms with Gasteiger partial charge < -0.3 is 23.7 Å². The molecular weight excluding hydrogens is 588 g/mol. The molecule has 3 aromatic carbocycles.